The summed E-state index contributed by atoms with van der Waals surface area (Å²) in [4.78, 5) is 23.1. The molecule has 22 heavy (non-hydrogen) atoms. The molecule has 0 aliphatic heterocycles. The van der Waals surface area contributed by atoms with E-state index in [1.165, 1.54) is 0 Å². The van der Waals surface area contributed by atoms with E-state index in [0.717, 1.165) is 11.8 Å². The minimum absolute atomic E-state index is 0.181. The normalized spacial score (nSPS) is 12.4. The van der Waals surface area contributed by atoms with Crippen molar-refractivity contribution in [1.82, 2.24) is 0 Å². The lowest BCUT2D eigenvalue weighted by Crippen LogP contribution is -2.24. The molecule has 0 N–H and O–H groups in total. The molecule has 0 bridgehead atoms. The fourth-order valence-corrected chi connectivity index (χ4v) is 2.02. The topological polar surface area (TPSA) is 61.8 Å². The van der Waals surface area contributed by atoms with Crippen LogP contribution in [0.4, 0.5) is 0 Å². The van der Waals surface area contributed by atoms with Gasteiger partial charge in [-0.25, -0.2) is 0 Å². The van der Waals surface area contributed by atoms with E-state index in [0.29, 0.717) is 17.9 Å². The molecule has 0 saturated heterocycles. The molecule has 0 unspecified atom stereocenters. The summed E-state index contributed by atoms with van der Waals surface area (Å²) >= 11 is 0. The van der Waals surface area contributed by atoms with Crippen molar-refractivity contribution in [3.05, 3.63) is 23.8 Å². The summed E-state index contributed by atoms with van der Waals surface area (Å²) in [5.41, 5.74) is 0.238. The predicted molar refractivity (Wildman–Crippen MR) is 83.4 cm³/mol. The fraction of sp³-hybridized carbons (Fsp3) is 0.529. The molecule has 0 spiro atoms. The zero-order chi connectivity index (χ0) is 16.8. The lowest BCUT2D eigenvalue weighted by molar-refractivity contribution is -0.154. The maximum atomic E-state index is 11.8. The maximum Gasteiger partial charge on any atom is 0.306 e. The van der Waals surface area contributed by atoms with Gasteiger partial charge in [0.1, 0.15) is 23.4 Å². The largest absolute Gasteiger partial charge is 0.497 e. The van der Waals surface area contributed by atoms with Gasteiger partial charge in [0.25, 0.3) is 0 Å². The van der Waals surface area contributed by atoms with Gasteiger partial charge in [-0.2, -0.15) is 0 Å². The Morgan fingerprint density at radius 1 is 1.14 bits per heavy atom. The van der Waals surface area contributed by atoms with Crippen molar-refractivity contribution in [3.8, 4) is 11.5 Å². The number of carbonyl (C=O) groups excluding carboxylic acids is 2. The second-order valence-corrected chi connectivity index (χ2v) is 6.01. The average Bonchev–Trinajstić information content (AvgIpc) is 2.45. The van der Waals surface area contributed by atoms with Crippen molar-refractivity contribution in [3.63, 3.8) is 0 Å². The van der Waals surface area contributed by atoms with E-state index < -0.39 is 11.5 Å². The van der Waals surface area contributed by atoms with Crippen LogP contribution in [0.5, 0.6) is 11.5 Å². The lowest BCUT2D eigenvalue weighted by atomic mass is 9.95. The molecule has 0 aliphatic carbocycles. The summed E-state index contributed by atoms with van der Waals surface area (Å²) in [5, 5.41) is 0. The molecule has 0 amide bonds. The van der Waals surface area contributed by atoms with Gasteiger partial charge in [-0.05, 0) is 44.9 Å². The Kier molecular flexibility index (Phi) is 6.40. The number of aldehydes is 1. The Hall–Kier alpha value is -2.04. The second kappa shape index (κ2) is 7.82. The fourth-order valence-electron chi connectivity index (χ4n) is 2.02. The van der Waals surface area contributed by atoms with Crippen molar-refractivity contribution in [2.24, 2.45) is 0 Å². The lowest BCUT2D eigenvalue weighted by Gasteiger charge is -2.20. The maximum absolute atomic E-state index is 11.8. The smallest absolute Gasteiger partial charge is 0.306 e. The minimum Gasteiger partial charge on any atom is -0.497 e. The van der Waals surface area contributed by atoms with E-state index in [1.54, 1.807) is 32.4 Å². The van der Waals surface area contributed by atoms with Crippen molar-refractivity contribution in [2.45, 2.75) is 45.1 Å². The molecular formula is C17H24O5. The summed E-state index contributed by atoms with van der Waals surface area (Å²) < 4.78 is 15.6. The Balaban J connectivity index is 2.79. The van der Waals surface area contributed by atoms with Gasteiger partial charge in [0.05, 0.1) is 14.2 Å². The first kappa shape index (κ1) is 18.0. The summed E-state index contributed by atoms with van der Waals surface area (Å²) in [7, 11) is 3.10. The number of ether oxygens (including phenoxy) is 3. The number of rotatable bonds is 7. The van der Waals surface area contributed by atoms with Crippen LogP contribution in [0.25, 0.3) is 0 Å². The molecule has 0 aromatic heterocycles. The molecule has 5 nitrogen and oxygen atoms in total. The van der Waals surface area contributed by atoms with Gasteiger partial charge in [0.15, 0.2) is 0 Å². The summed E-state index contributed by atoms with van der Waals surface area (Å²) in [6.07, 6.45) is 1.40. The third kappa shape index (κ3) is 5.76. The zero-order valence-corrected chi connectivity index (χ0v) is 13.8. The van der Waals surface area contributed by atoms with Crippen LogP contribution in [-0.2, 0) is 14.3 Å². The molecule has 1 aromatic rings. The van der Waals surface area contributed by atoms with E-state index in [-0.39, 0.29) is 12.4 Å². The third-order valence-electron chi connectivity index (χ3n) is 3.05. The zero-order valence-electron chi connectivity index (χ0n) is 13.8. The van der Waals surface area contributed by atoms with E-state index in [1.807, 2.05) is 20.8 Å². The standard InChI is InChI=1S/C17H24O5/c1-17(2,3)22-16(19)7-6-12(11-18)13-8-14(20-4)10-15(9-13)21-5/h8-12H,6-7H2,1-5H3/t12-/m0/s1. The summed E-state index contributed by atoms with van der Waals surface area (Å²) in [6, 6.07) is 5.28. The Bertz CT molecular complexity index is 494. The summed E-state index contributed by atoms with van der Waals surface area (Å²) in [5.74, 6) is 0.502. The van der Waals surface area contributed by atoms with Gasteiger partial charge in [-0.3, -0.25) is 4.79 Å². The van der Waals surface area contributed by atoms with Crippen LogP contribution in [-0.4, -0.2) is 32.1 Å². The van der Waals surface area contributed by atoms with Gasteiger partial charge >= 0.3 is 5.97 Å². The molecule has 0 heterocycles. The van der Waals surface area contributed by atoms with E-state index >= 15 is 0 Å². The predicted octanol–water partition coefficient (Wildman–Crippen LogP) is 3.11. The molecule has 0 saturated carbocycles. The van der Waals surface area contributed by atoms with Crippen LogP contribution in [0.3, 0.4) is 0 Å². The van der Waals surface area contributed by atoms with Crippen LogP contribution in [0, 0.1) is 0 Å². The number of hydrogen-bond donors (Lipinski definition) is 0. The first-order valence-electron chi connectivity index (χ1n) is 7.19. The van der Waals surface area contributed by atoms with Crippen LogP contribution in [0.15, 0.2) is 18.2 Å². The molecule has 1 aromatic carbocycles. The molecule has 0 radical (unpaired) electrons. The number of carbonyl (C=O) groups is 2. The van der Waals surface area contributed by atoms with Crippen molar-refractivity contribution in [2.75, 3.05) is 14.2 Å². The summed E-state index contributed by atoms with van der Waals surface area (Å²) in [6.45, 7) is 5.44. The number of hydrogen-bond acceptors (Lipinski definition) is 5. The van der Waals surface area contributed by atoms with E-state index in [2.05, 4.69) is 0 Å². The Morgan fingerprint density at radius 2 is 1.68 bits per heavy atom. The van der Waals surface area contributed by atoms with Gasteiger partial charge in [0.2, 0.25) is 0 Å². The van der Waals surface area contributed by atoms with Crippen LogP contribution in [0.2, 0.25) is 0 Å². The van der Waals surface area contributed by atoms with Gasteiger partial charge in [-0.15, -0.1) is 0 Å². The van der Waals surface area contributed by atoms with Crippen LogP contribution in [0.1, 0.15) is 45.1 Å². The number of esters is 1. The van der Waals surface area contributed by atoms with E-state index in [4.69, 9.17) is 14.2 Å². The second-order valence-electron chi connectivity index (χ2n) is 6.01. The third-order valence-corrected chi connectivity index (χ3v) is 3.05. The van der Waals surface area contributed by atoms with Gasteiger partial charge in [-0.1, -0.05) is 0 Å². The van der Waals surface area contributed by atoms with Crippen molar-refractivity contribution < 1.29 is 23.8 Å². The average molecular weight is 308 g/mol. The van der Waals surface area contributed by atoms with Gasteiger partial charge in [0, 0.05) is 18.4 Å². The molecule has 1 rings (SSSR count). The molecule has 122 valence electrons. The minimum atomic E-state index is -0.521. The van der Waals surface area contributed by atoms with Crippen molar-refractivity contribution >= 4 is 12.3 Å². The highest BCUT2D eigenvalue weighted by atomic mass is 16.6. The Morgan fingerprint density at radius 3 is 2.09 bits per heavy atom. The Labute approximate surface area is 131 Å². The molecule has 1 atom stereocenters. The van der Waals surface area contributed by atoms with Gasteiger partial charge < -0.3 is 19.0 Å². The molecular weight excluding hydrogens is 284 g/mol. The highest BCUT2D eigenvalue weighted by Crippen LogP contribution is 2.29. The number of methoxy groups -OCH3 is 2. The highest BCUT2D eigenvalue weighted by Gasteiger charge is 2.19. The van der Waals surface area contributed by atoms with Crippen molar-refractivity contribution in [1.29, 1.82) is 0 Å². The van der Waals surface area contributed by atoms with E-state index in [9.17, 15) is 9.59 Å². The first-order valence-corrected chi connectivity index (χ1v) is 7.19. The number of benzene rings is 1. The van der Waals surface area contributed by atoms with Crippen LogP contribution >= 0.6 is 0 Å². The highest BCUT2D eigenvalue weighted by molar-refractivity contribution is 5.71. The molecule has 0 aliphatic rings. The monoisotopic (exact) mass is 308 g/mol. The molecule has 5 heteroatoms. The van der Waals surface area contributed by atoms with Crippen LogP contribution < -0.4 is 9.47 Å². The quantitative estimate of drug-likeness (QED) is 0.572. The first-order chi connectivity index (χ1) is 10.3. The SMILES string of the molecule is COc1cc(OC)cc([C@H](C=O)CCC(=O)OC(C)(C)C)c1. The molecule has 0 fully saturated rings.